The van der Waals surface area contributed by atoms with E-state index in [1.165, 1.54) is 12.8 Å². The molecule has 1 aliphatic carbocycles. The van der Waals surface area contributed by atoms with Crippen LogP contribution in [-0.4, -0.2) is 23.8 Å². The molecule has 1 saturated carbocycles. The lowest BCUT2D eigenvalue weighted by molar-refractivity contribution is -0.123. The third-order valence-electron chi connectivity index (χ3n) is 1.24. The number of nitrogens with zero attached hydrogens (tertiary/aromatic N) is 1. The first kappa shape index (κ1) is 7.21. The van der Waals surface area contributed by atoms with E-state index in [2.05, 4.69) is 10.5 Å². The van der Waals surface area contributed by atoms with E-state index < -0.39 is 12.5 Å². The van der Waals surface area contributed by atoms with Crippen LogP contribution in [0.2, 0.25) is 0 Å². The summed E-state index contributed by atoms with van der Waals surface area (Å²) in [6.07, 6.45) is 4.03. The summed E-state index contributed by atoms with van der Waals surface area (Å²) in [7, 11) is 0. The minimum absolute atomic E-state index is 0.461. The molecule has 0 aromatic carbocycles. The molecule has 0 radical (unpaired) electrons. The van der Waals surface area contributed by atoms with Gasteiger partial charge in [0.1, 0.15) is 6.61 Å². The summed E-state index contributed by atoms with van der Waals surface area (Å²) in [4.78, 5) is 10.3. The van der Waals surface area contributed by atoms with Crippen LogP contribution in [0.1, 0.15) is 12.8 Å². The van der Waals surface area contributed by atoms with E-state index in [1.807, 2.05) is 0 Å². The molecule has 0 unspecified atom stereocenters. The number of hydrazone groups is 1. The molecule has 4 heteroatoms. The summed E-state index contributed by atoms with van der Waals surface area (Å²) in [5, 5.41) is 11.8. The van der Waals surface area contributed by atoms with Gasteiger partial charge in [-0.15, -0.1) is 0 Å². The van der Waals surface area contributed by atoms with Crippen LogP contribution in [0.4, 0.5) is 0 Å². The molecule has 0 bridgehead atoms. The Morgan fingerprint density at radius 2 is 2.50 bits per heavy atom. The van der Waals surface area contributed by atoms with Crippen molar-refractivity contribution in [2.45, 2.75) is 12.8 Å². The third kappa shape index (κ3) is 2.59. The van der Waals surface area contributed by atoms with Crippen LogP contribution in [0.5, 0.6) is 0 Å². The molecular formula is C6H10N2O2. The summed E-state index contributed by atoms with van der Waals surface area (Å²) >= 11 is 0. The molecule has 2 N–H and O–H groups in total. The fourth-order valence-electron chi connectivity index (χ4n) is 0.495. The Bertz CT molecular complexity index is 152. The van der Waals surface area contributed by atoms with Gasteiger partial charge < -0.3 is 5.11 Å². The molecular weight excluding hydrogens is 132 g/mol. The van der Waals surface area contributed by atoms with Crippen molar-refractivity contribution < 1.29 is 9.90 Å². The van der Waals surface area contributed by atoms with Gasteiger partial charge in [0.05, 0.1) is 0 Å². The molecule has 0 saturated heterocycles. The van der Waals surface area contributed by atoms with E-state index in [-0.39, 0.29) is 0 Å². The molecule has 0 aliphatic heterocycles. The molecule has 1 amide bonds. The Balaban J connectivity index is 2.07. The van der Waals surface area contributed by atoms with Gasteiger partial charge in [0, 0.05) is 6.21 Å². The molecule has 1 rings (SSSR count). The maximum Gasteiger partial charge on any atom is 0.265 e. The largest absolute Gasteiger partial charge is 0.386 e. The lowest BCUT2D eigenvalue weighted by Gasteiger charge is -1.91. The van der Waals surface area contributed by atoms with Crippen LogP contribution in [0, 0.1) is 5.92 Å². The average molecular weight is 142 g/mol. The van der Waals surface area contributed by atoms with Crippen molar-refractivity contribution in [3.05, 3.63) is 0 Å². The van der Waals surface area contributed by atoms with Crippen molar-refractivity contribution in [3.8, 4) is 0 Å². The Morgan fingerprint density at radius 1 is 1.80 bits per heavy atom. The fourth-order valence-corrected chi connectivity index (χ4v) is 0.495. The highest BCUT2D eigenvalue weighted by Gasteiger charge is 2.18. The number of rotatable bonds is 3. The monoisotopic (exact) mass is 142 g/mol. The van der Waals surface area contributed by atoms with E-state index in [4.69, 9.17) is 5.11 Å². The van der Waals surface area contributed by atoms with Gasteiger partial charge in [0.2, 0.25) is 0 Å². The van der Waals surface area contributed by atoms with E-state index in [1.54, 1.807) is 6.21 Å². The minimum Gasteiger partial charge on any atom is -0.386 e. The zero-order valence-corrected chi connectivity index (χ0v) is 5.58. The Labute approximate surface area is 58.9 Å². The van der Waals surface area contributed by atoms with Gasteiger partial charge >= 0.3 is 0 Å². The first-order chi connectivity index (χ1) is 4.83. The predicted molar refractivity (Wildman–Crippen MR) is 36.4 cm³/mol. The van der Waals surface area contributed by atoms with E-state index in [9.17, 15) is 4.79 Å². The number of nitrogens with one attached hydrogen (secondary N) is 1. The van der Waals surface area contributed by atoms with Gasteiger partial charge in [-0.3, -0.25) is 4.79 Å². The first-order valence-electron chi connectivity index (χ1n) is 3.26. The van der Waals surface area contributed by atoms with Crippen molar-refractivity contribution in [3.63, 3.8) is 0 Å². The molecule has 0 spiro atoms. The second-order valence-electron chi connectivity index (χ2n) is 2.31. The minimum atomic E-state index is -0.498. The number of carbonyl (C=O) groups is 1. The van der Waals surface area contributed by atoms with Crippen LogP contribution < -0.4 is 5.43 Å². The van der Waals surface area contributed by atoms with Gasteiger partial charge in [-0.2, -0.15) is 5.10 Å². The van der Waals surface area contributed by atoms with Crippen molar-refractivity contribution in [2.24, 2.45) is 11.0 Å². The number of aliphatic hydroxyl groups excluding tert-OH is 1. The first-order valence-corrected chi connectivity index (χ1v) is 3.26. The molecule has 1 aliphatic rings. The van der Waals surface area contributed by atoms with Crippen molar-refractivity contribution >= 4 is 12.1 Å². The van der Waals surface area contributed by atoms with Gasteiger partial charge in [0.15, 0.2) is 0 Å². The molecule has 10 heavy (non-hydrogen) atoms. The number of carbonyl (C=O) groups excluding carboxylic acids is 1. The standard InChI is InChI=1S/C6H10N2O2/c9-4-6(10)8-7-3-5-1-2-5/h3,5,9H,1-2,4H2,(H,8,10)/b7-3+. The lowest BCUT2D eigenvalue weighted by Crippen LogP contribution is -2.20. The molecule has 0 aromatic rings. The molecule has 4 nitrogen and oxygen atoms in total. The number of amides is 1. The van der Waals surface area contributed by atoms with Crippen LogP contribution in [0.15, 0.2) is 5.10 Å². The Morgan fingerprint density at radius 3 is 3.00 bits per heavy atom. The number of hydrogen-bond acceptors (Lipinski definition) is 3. The summed E-state index contributed by atoms with van der Waals surface area (Å²) in [6.45, 7) is -0.498. The second kappa shape index (κ2) is 3.31. The van der Waals surface area contributed by atoms with Gasteiger partial charge in [-0.1, -0.05) is 0 Å². The molecule has 0 heterocycles. The third-order valence-corrected chi connectivity index (χ3v) is 1.24. The predicted octanol–water partition coefficient (Wildman–Crippen LogP) is -0.509. The maximum atomic E-state index is 10.3. The summed E-state index contributed by atoms with van der Waals surface area (Å²) in [5.74, 6) is 0.0934. The Hall–Kier alpha value is -0.900. The Kier molecular flexibility index (Phi) is 2.39. The highest BCUT2D eigenvalue weighted by atomic mass is 16.3. The summed E-state index contributed by atoms with van der Waals surface area (Å²) in [5.41, 5.74) is 2.18. The number of hydrogen-bond donors (Lipinski definition) is 2. The average Bonchev–Trinajstić information content (AvgIpc) is 2.71. The highest BCUT2D eigenvalue weighted by Crippen LogP contribution is 2.25. The van der Waals surface area contributed by atoms with Crippen molar-refractivity contribution in [2.75, 3.05) is 6.61 Å². The normalized spacial score (nSPS) is 17.7. The van der Waals surface area contributed by atoms with Crippen LogP contribution in [0.25, 0.3) is 0 Å². The number of aliphatic hydroxyl groups is 1. The smallest absolute Gasteiger partial charge is 0.265 e. The highest BCUT2D eigenvalue weighted by molar-refractivity contribution is 5.77. The zero-order valence-electron chi connectivity index (χ0n) is 5.58. The zero-order chi connectivity index (χ0) is 7.40. The van der Waals surface area contributed by atoms with Gasteiger partial charge in [-0.25, -0.2) is 5.43 Å². The van der Waals surface area contributed by atoms with Crippen LogP contribution in [0.3, 0.4) is 0 Å². The molecule has 1 fully saturated rings. The van der Waals surface area contributed by atoms with Crippen molar-refractivity contribution in [1.29, 1.82) is 0 Å². The van der Waals surface area contributed by atoms with Crippen LogP contribution >= 0.6 is 0 Å². The molecule has 56 valence electrons. The molecule has 0 atom stereocenters. The SMILES string of the molecule is O=C(CO)N/N=C/C1CC1. The van der Waals surface area contributed by atoms with Gasteiger partial charge in [0.25, 0.3) is 5.91 Å². The topological polar surface area (TPSA) is 61.7 Å². The molecule has 0 aromatic heterocycles. The quantitative estimate of drug-likeness (QED) is 0.412. The summed E-state index contributed by atoms with van der Waals surface area (Å²) < 4.78 is 0. The van der Waals surface area contributed by atoms with Crippen molar-refractivity contribution in [1.82, 2.24) is 5.43 Å². The van der Waals surface area contributed by atoms with Crippen LogP contribution in [-0.2, 0) is 4.79 Å². The van der Waals surface area contributed by atoms with Gasteiger partial charge in [-0.05, 0) is 18.8 Å². The second-order valence-corrected chi connectivity index (χ2v) is 2.31. The lowest BCUT2D eigenvalue weighted by atomic mass is 10.5. The summed E-state index contributed by atoms with van der Waals surface area (Å²) in [6, 6.07) is 0. The fraction of sp³-hybridized carbons (Fsp3) is 0.667. The van der Waals surface area contributed by atoms with E-state index in [0.717, 1.165) is 0 Å². The maximum absolute atomic E-state index is 10.3. The van der Waals surface area contributed by atoms with E-state index in [0.29, 0.717) is 5.92 Å². The van der Waals surface area contributed by atoms with E-state index >= 15 is 0 Å².